The third-order valence-electron chi connectivity index (χ3n) is 3.79. The van der Waals surface area contributed by atoms with Gasteiger partial charge in [0.15, 0.2) is 11.3 Å². The third-order valence-corrected chi connectivity index (χ3v) is 3.79. The second-order valence-electron chi connectivity index (χ2n) is 6.05. The Morgan fingerprint density at radius 3 is 2.00 bits per heavy atom. The van der Waals surface area contributed by atoms with Gasteiger partial charge in [0.2, 0.25) is 11.2 Å². The molecule has 1 heterocycles. The highest BCUT2D eigenvalue weighted by Gasteiger charge is 2.20. The Morgan fingerprint density at radius 1 is 0.793 bits per heavy atom. The number of hydrogen-bond donors (Lipinski definition) is 0. The minimum absolute atomic E-state index is 0.0239. The Balaban J connectivity index is 2.12. The molecule has 1 aromatic heterocycles. The van der Waals surface area contributed by atoms with Gasteiger partial charge in [0.1, 0.15) is 12.0 Å². The first-order valence-electron chi connectivity index (χ1n) is 8.50. The van der Waals surface area contributed by atoms with Gasteiger partial charge in [-0.1, -0.05) is 12.1 Å². The molecule has 3 rings (SSSR count). The van der Waals surface area contributed by atoms with Crippen molar-refractivity contribution in [1.82, 2.24) is 0 Å². The quantitative estimate of drug-likeness (QED) is 0.488. The molecule has 0 saturated carbocycles. The van der Waals surface area contributed by atoms with Crippen LogP contribution in [0.4, 0.5) is 0 Å². The number of esters is 3. The van der Waals surface area contributed by atoms with E-state index in [1.54, 1.807) is 24.3 Å². The van der Waals surface area contributed by atoms with Gasteiger partial charge in [-0.3, -0.25) is 19.2 Å². The number of carbonyl (C=O) groups is 3. The van der Waals surface area contributed by atoms with Crippen molar-refractivity contribution in [2.24, 2.45) is 0 Å². The van der Waals surface area contributed by atoms with E-state index in [4.69, 9.17) is 18.6 Å². The zero-order valence-electron chi connectivity index (χ0n) is 15.8. The summed E-state index contributed by atoms with van der Waals surface area (Å²) in [6.45, 7) is 3.66. The number of hydrogen-bond acceptors (Lipinski definition) is 8. The standard InChI is InChI=1S/C21H16O8/c1-11(22)27-15-6-4-14(5-7-15)17-10-26-20-16(19(17)25)8-9-18(28-12(2)23)21(20)29-13(3)24/h4-10H,1-3H3. The van der Waals surface area contributed by atoms with Crippen LogP contribution in [-0.4, -0.2) is 17.9 Å². The van der Waals surface area contributed by atoms with Crippen LogP contribution in [0.15, 0.2) is 51.9 Å². The smallest absolute Gasteiger partial charge is 0.308 e. The molecule has 8 nitrogen and oxygen atoms in total. The van der Waals surface area contributed by atoms with E-state index in [0.717, 1.165) is 0 Å². The number of ether oxygens (including phenoxy) is 3. The SMILES string of the molecule is CC(=O)Oc1ccc(-c2coc3c(OC(C)=O)c(OC(C)=O)ccc3c2=O)cc1. The molecular formula is C21H16O8. The molecule has 0 aliphatic heterocycles. The molecule has 3 aromatic rings. The maximum atomic E-state index is 13.0. The molecule has 0 saturated heterocycles. The van der Waals surface area contributed by atoms with Crippen molar-refractivity contribution in [1.29, 1.82) is 0 Å². The molecule has 29 heavy (non-hydrogen) atoms. The van der Waals surface area contributed by atoms with E-state index in [1.807, 2.05) is 0 Å². The summed E-state index contributed by atoms with van der Waals surface area (Å²) in [5.74, 6) is -1.59. The fourth-order valence-electron chi connectivity index (χ4n) is 2.70. The predicted molar refractivity (Wildman–Crippen MR) is 102 cm³/mol. The van der Waals surface area contributed by atoms with Crippen LogP contribution >= 0.6 is 0 Å². The van der Waals surface area contributed by atoms with Crippen molar-refractivity contribution < 1.29 is 33.0 Å². The van der Waals surface area contributed by atoms with Crippen LogP contribution in [-0.2, 0) is 14.4 Å². The Morgan fingerprint density at radius 2 is 1.41 bits per heavy atom. The van der Waals surface area contributed by atoms with Gasteiger partial charge in [0, 0.05) is 20.8 Å². The predicted octanol–water partition coefficient (Wildman–Crippen LogP) is 3.24. The maximum Gasteiger partial charge on any atom is 0.308 e. The fraction of sp³-hybridized carbons (Fsp3) is 0.143. The van der Waals surface area contributed by atoms with Crippen LogP contribution in [0.3, 0.4) is 0 Å². The Bertz CT molecular complexity index is 1170. The van der Waals surface area contributed by atoms with E-state index in [-0.39, 0.29) is 33.5 Å². The lowest BCUT2D eigenvalue weighted by molar-refractivity contribution is -0.134. The molecule has 8 heteroatoms. The first kappa shape index (κ1) is 19.8. The van der Waals surface area contributed by atoms with Crippen molar-refractivity contribution in [3.8, 4) is 28.4 Å². The first-order valence-corrected chi connectivity index (χ1v) is 8.50. The van der Waals surface area contributed by atoms with Gasteiger partial charge in [0.25, 0.3) is 0 Å². The second-order valence-corrected chi connectivity index (χ2v) is 6.05. The van der Waals surface area contributed by atoms with E-state index in [2.05, 4.69) is 0 Å². The number of rotatable bonds is 4. The minimum atomic E-state index is -0.668. The number of benzene rings is 2. The summed E-state index contributed by atoms with van der Waals surface area (Å²) in [7, 11) is 0. The Kier molecular flexibility index (Phi) is 5.45. The molecule has 148 valence electrons. The van der Waals surface area contributed by atoms with Gasteiger partial charge >= 0.3 is 17.9 Å². The second kappa shape index (κ2) is 7.97. The lowest BCUT2D eigenvalue weighted by Crippen LogP contribution is -2.10. The lowest BCUT2D eigenvalue weighted by Gasteiger charge is -2.11. The van der Waals surface area contributed by atoms with E-state index < -0.39 is 17.9 Å². The van der Waals surface area contributed by atoms with Crippen molar-refractivity contribution in [2.75, 3.05) is 0 Å². The van der Waals surface area contributed by atoms with Gasteiger partial charge in [-0.2, -0.15) is 0 Å². The van der Waals surface area contributed by atoms with Gasteiger partial charge in [0.05, 0.1) is 10.9 Å². The van der Waals surface area contributed by atoms with Crippen LogP contribution in [0.2, 0.25) is 0 Å². The van der Waals surface area contributed by atoms with Crippen molar-refractivity contribution in [3.05, 3.63) is 52.9 Å². The molecular weight excluding hydrogens is 380 g/mol. The van der Waals surface area contributed by atoms with Crippen molar-refractivity contribution >= 4 is 28.9 Å². The summed E-state index contributed by atoms with van der Waals surface area (Å²) in [6.07, 6.45) is 1.22. The zero-order chi connectivity index (χ0) is 21.1. The minimum Gasteiger partial charge on any atom is -0.459 e. The van der Waals surface area contributed by atoms with E-state index in [9.17, 15) is 19.2 Å². The third kappa shape index (κ3) is 4.32. The van der Waals surface area contributed by atoms with Crippen LogP contribution in [0.5, 0.6) is 17.2 Å². The molecule has 0 unspecified atom stereocenters. The van der Waals surface area contributed by atoms with E-state index in [1.165, 1.54) is 39.2 Å². The summed E-state index contributed by atoms with van der Waals surface area (Å²) in [5, 5.41) is 0.138. The maximum absolute atomic E-state index is 13.0. The monoisotopic (exact) mass is 396 g/mol. The summed E-state index contributed by atoms with van der Waals surface area (Å²) < 4.78 is 20.7. The van der Waals surface area contributed by atoms with Crippen molar-refractivity contribution in [3.63, 3.8) is 0 Å². The topological polar surface area (TPSA) is 109 Å². The summed E-state index contributed by atoms with van der Waals surface area (Å²) in [6, 6.07) is 9.09. The molecule has 0 N–H and O–H groups in total. The molecule has 0 radical (unpaired) electrons. The highest BCUT2D eigenvalue weighted by atomic mass is 16.6. The van der Waals surface area contributed by atoms with Gasteiger partial charge < -0.3 is 18.6 Å². The molecule has 0 spiro atoms. The van der Waals surface area contributed by atoms with Crippen LogP contribution in [0, 0.1) is 0 Å². The van der Waals surface area contributed by atoms with Gasteiger partial charge in [-0.05, 0) is 29.8 Å². The lowest BCUT2D eigenvalue weighted by atomic mass is 10.1. The summed E-state index contributed by atoms with van der Waals surface area (Å²) in [5.41, 5.74) is 0.383. The zero-order valence-corrected chi connectivity index (χ0v) is 15.8. The van der Waals surface area contributed by atoms with Gasteiger partial charge in [-0.15, -0.1) is 0 Å². The molecule has 2 aromatic carbocycles. The molecule has 0 aliphatic carbocycles. The van der Waals surface area contributed by atoms with E-state index >= 15 is 0 Å². The average molecular weight is 396 g/mol. The molecule has 0 fully saturated rings. The fourth-order valence-corrected chi connectivity index (χ4v) is 2.70. The first-order chi connectivity index (χ1) is 13.8. The summed E-state index contributed by atoms with van der Waals surface area (Å²) >= 11 is 0. The van der Waals surface area contributed by atoms with Crippen LogP contribution in [0.1, 0.15) is 20.8 Å². The molecule has 0 amide bonds. The highest BCUT2D eigenvalue weighted by molar-refractivity contribution is 5.91. The molecule has 0 aliphatic rings. The molecule has 0 atom stereocenters. The van der Waals surface area contributed by atoms with Crippen LogP contribution in [0.25, 0.3) is 22.1 Å². The summed E-state index contributed by atoms with van der Waals surface area (Å²) in [4.78, 5) is 46.7. The Hall–Kier alpha value is -3.94. The Labute approximate surface area is 164 Å². The normalized spacial score (nSPS) is 10.4. The van der Waals surface area contributed by atoms with Crippen LogP contribution < -0.4 is 19.6 Å². The molecule has 0 bridgehead atoms. The van der Waals surface area contributed by atoms with Crippen molar-refractivity contribution in [2.45, 2.75) is 20.8 Å². The van der Waals surface area contributed by atoms with E-state index in [0.29, 0.717) is 11.3 Å². The highest BCUT2D eigenvalue weighted by Crippen LogP contribution is 2.36. The van der Waals surface area contributed by atoms with Gasteiger partial charge in [-0.25, -0.2) is 0 Å². The number of fused-ring (bicyclic) bond motifs is 1. The average Bonchev–Trinajstić information content (AvgIpc) is 2.63. The number of carbonyl (C=O) groups excluding carboxylic acids is 3. The largest absolute Gasteiger partial charge is 0.459 e.